The summed E-state index contributed by atoms with van der Waals surface area (Å²) >= 11 is 7.46. The second kappa shape index (κ2) is 8.42. The normalized spacial score (nSPS) is 15.4. The minimum absolute atomic E-state index is 0.0808. The van der Waals surface area contributed by atoms with E-state index in [1.165, 1.54) is 11.0 Å². The first-order chi connectivity index (χ1) is 13.0. The molecule has 1 aromatic carbocycles. The third kappa shape index (κ3) is 4.41. The molecule has 136 valence electrons. The van der Waals surface area contributed by atoms with Crippen LogP contribution in [-0.2, 0) is 4.79 Å². The van der Waals surface area contributed by atoms with Crippen molar-refractivity contribution in [2.24, 2.45) is 0 Å². The summed E-state index contributed by atoms with van der Waals surface area (Å²) in [6, 6.07) is 6.42. The average Bonchev–Trinajstić information content (AvgIpc) is 2.91. The van der Waals surface area contributed by atoms with Crippen LogP contribution in [0.3, 0.4) is 0 Å². The zero-order valence-corrected chi connectivity index (χ0v) is 16.2. The van der Waals surface area contributed by atoms with Crippen molar-refractivity contribution in [2.45, 2.75) is 10.1 Å². The van der Waals surface area contributed by atoms with Gasteiger partial charge in [0.2, 0.25) is 0 Å². The SMILES string of the molecule is C=CCN1C(=O)C(=Cc2ccc(Sc3ncccn3)c([N+](=O)[O-])c2)SC1=S. The lowest BCUT2D eigenvalue weighted by Gasteiger charge is -2.10. The monoisotopic (exact) mass is 416 g/mol. The van der Waals surface area contributed by atoms with E-state index in [1.54, 1.807) is 42.7 Å². The lowest BCUT2D eigenvalue weighted by molar-refractivity contribution is -0.387. The molecule has 3 rings (SSSR count). The van der Waals surface area contributed by atoms with E-state index in [9.17, 15) is 14.9 Å². The maximum atomic E-state index is 12.4. The summed E-state index contributed by atoms with van der Waals surface area (Å²) in [6.45, 7) is 3.94. The molecule has 1 amide bonds. The number of aromatic nitrogens is 2. The van der Waals surface area contributed by atoms with Gasteiger partial charge in [-0.1, -0.05) is 36.1 Å². The van der Waals surface area contributed by atoms with E-state index in [4.69, 9.17) is 12.2 Å². The molecule has 27 heavy (non-hydrogen) atoms. The fourth-order valence-electron chi connectivity index (χ4n) is 2.23. The molecule has 0 atom stereocenters. The topological polar surface area (TPSA) is 89.2 Å². The largest absolute Gasteiger partial charge is 0.289 e. The highest BCUT2D eigenvalue weighted by Gasteiger charge is 2.31. The first-order valence-electron chi connectivity index (χ1n) is 7.59. The highest BCUT2D eigenvalue weighted by Crippen LogP contribution is 2.36. The maximum Gasteiger partial charge on any atom is 0.283 e. The Morgan fingerprint density at radius 3 is 2.78 bits per heavy atom. The molecule has 0 saturated carbocycles. The van der Waals surface area contributed by atoms with E-state index in [1.807, 2.05) is 0 Å². The number of thioether (sulfide) groups is 1. The second-order valence-electron chi connectivity index (χ2n) is 5.20. The molecule has 7 nitrogen and oxygen atoms in total. The molecule has 2 aromatic rings. The minimum atomic E-state index is -0.467. The van der Waals surface area contributed by atoms with Gasteiger partial charge >= 0.3 is 0 Å². The van der Waals surface area contributed by atoms with Crippen LogP contribution in [0.15, 0.2) is 64.3 Å². The number of hydrogen-bond acceptors (Lipinski definition) is 8. The van der Waals surface area contributed by atoms with Crippen LogP contribution in [0.4, 0.5) is 5.69 Å². The fourth-order valence-corrected chi connectivity index (χ4v) is 4.30. The number of carbonyl (C=O) groups excluding carboxylic acids is 1. The van der Waals surface area contributed by atoms with Gasteiger partial charge < -0.3 is 0 Å². The van der Waals surface area contributed by atoms with Crippen molar-refractivity contribution < 1.29 is 9.72 Å². The van der Waals surface area contributed by atoms with Crippen LogP contribution in [0.2, 0.25) is 0 Å². The molecule has 2 heterocycles. The van der Waals surface area contributed by atoms with E-state index in [0.717, 1.165) is 23.5 Å². The number of thiocarbonyl (C=S) groups is 1. The molecule has 0 radical (unpaired) electrons. The Labute approximate surface area is 168 Å². The number of rotatable bonds is 6. The zero-order valence-electron chi connectivity index (χ0n) is 13.8. The van der Waals surface area contributed by atoms with Crippen LogP contribution in [0.1, 0.15) is 5.56 Å². The smallest absolute Gasteiger partial charge is 0.283 e. The fraction of sp³-hybridized carbons (Fsp3) is 0.0588. The van der Waals surface area contributed by atoms with Gasteiger partial charge in [0.15, 0.2) is 5.16 Å². The number of benzene rings is 1. The van der Waals surface area contributed by atoms with Crippen LogP contribution in [0.25, 0.3) is 6.08 Å². The molecule has 0 spiro atoms. The van der Waals surface area contributed by atoms with E-state index in [-0.39, 0.29) is 11.6 Å². The number of hydrogen-bond donors (Lipinski definition) is 0. The standard InChI is InChI=1S/C17H12N4O3S3/c1-2-8-20-15(22)14(27-17(20)25)10-11-4-5-13(12(9-11)21(23)24)26-16-18-6-3-7-19-16/h2-7,9-10H,1,8H2. The Hall–Kier alpha value is -2.56. The third-order valence-corrected chi connectivity index (χ3v) is 5.74. The van der Waals surface area contributed by atoms with Crippen LogP contribution >= 0.6 is 35.7 Å². The quantitative estimate of drug-likeness (QED) is 0.175. The summed E-state index contributed by atoms with van der Waals surface area (Å²) in [5.41, 5.74) is 0.460. The molecule has 1 aromatic heterocycles. The molecule has 0 aliphatic carbocycles. The van der Waals surface area contributed by atoms with Gasteiger partial charge in [-0.25, -0.2) is 9.97 Å². The number of nitro groups is 1. The molecule has 0 unspecified atom stereocenters. The van der Waals surface area contributed by atoms with Crippen LogP contribution in [0, 0.1) is 10.1 Å². The van der Waals surface area contributed by atoms with E-state index in [0.29, 0.717) is 31.4 Å². The molecule has 1 aliphatic rings. The molecular formula is C17H12N4O3S3. The number of nitrogens with zero attached hydrogens (tertiary/aromatic N) is 4. The first-order valence-corrected chi connectivity index (χ1v) is 9.63. The molecule has 0 bridgehead atoms. The Morgan fingerprint density at radius 2 is 2.11 bits per heavy atom. The van der Waals surface area contributed by atoms with Crippen molar-refractivity contribution in [1.82, 2.24) is 14.9 Å². The Bertz CT molecular complexity index is 963. The van der Waals surface area contributed by atoms with E-state index in [2.05, 4.69) is 16.5 Å². The number of nitro benzene ring substituents is 1. The van der Waals surface area contributed by atoms with E-state index >= 15 is 0 Å². The van der Waals surface area contributed by atoms with Crippen molar-refractivity contribution in [3.8, 4) is 0 Å². The van der Waals surface area contributed by atoms with Crippen molar-refractivity contribution in [3.63, 3.8) is 0 Å². The van der Waals surface area contributed by atoms with Gasteiger partial charge in [0.25, 0.3) is 11.6 Å². The van der Waals surface area contributed by atoms with E-state index < -0.39 is 4.92 Å². The van der Waals surface area contributed by atoms with Gasteiger partial charge in [-0.2, -0.15) is 0 Å². The minimum Gasteiger partial charge on any atom is -0.289 e. The van der Waals surface area contributed by atoms with Gasteiger partial charge in [0, 0.05) is 25.0 Å². The maximum absolute atomic E-state index is 12.4. The molecule has 1 saturated heterocycles. The lowest BCUT2D eigenvalue weighted by Crippen LogP contribution is -2.27. The lowest BCUT2D eigenvalue weighted by atomic mass is 10.2. The van der Waals surface area contributed by atoms with Crippen molar-refractivity contribution in [2.75, 3.05) is 6.54 Å². The summed E-state index contributed by atoms with van der Waals surface area (Å²) in [4.78, 5) is 33.8. The summed E-state index contributed by atoms with van der Waals surface area (Å²) in [5, 5.41) is 11.9. The molecule has 1 aliphatic heterocycles. The Kier molecular flexibility index (Phi) is 5.99. The van der Waals surface area contributed by atoms with Gasteiger partial charge in [-0.15, -0.1) is 6.58 Å². The van der Waals surface area contributed by atoms with Crippen LogP contribution in [0.5, 0.6) is 0 Å². The zero-order chi connectivity index (χ0) is 19.4. The Morgan fingerprint density at radius 1 is 1.37 bits per heavy atom. The second-order valence-corrected chi connectivity index (χ2v) is 7.88. The third-order valence-electron chi connectivity index (χ3n) is 3.41. The van der Waals surface area contributed by atoms with Gasteiger partial charge in [0.05, 0.1) is 14.7 Å². The average molecular weight is 417 g/mol. The summed E-state index contributed by atoms with van der Waals surface area (Å²) < 4.78 is 0.439. The highest BCUT2D eigenvalue weighted by atomic mass is 32.2. The molecular weight excluding hydrogens is 404 g/mol. The Balaban J connectivity index is 1.90. The summed E-state index contributed by atoms with van der Waals surface area (Å²) in [5.74, 6) is -0.233. The summed E-state index contributed by atoms with van der Waals surface area (Å²) in [6.07, 6.45) is 6.33. The van der Waals surface area contributed by atoms with Crippen LogP contribution < -0.4 is 0 Å². The van der Waals surface area contributed by atoms with Gasteiger partial charge in [0.1, 0.15) is 4.32 Å². The van der Waals surface area contributed by atoms with Crippen molar-refractivity contribution >= 4 is 57.7 Å². The summed E-state index contributed by atoms with van der Waals surface area (Å²) in [7, 11) is 0. The number of amides is 1. The predicted octanol–water partition coefficient (Wildman–Crippen LogP) is 3.92. The molecule has 1 fully saturated rings. The van der Waals surface area contributed by atoms with Crippen molar-refractivity contribution in [3.05, 3.63) is 69.9 Å². The molecule has 10 heteroatoms. The van der Waals surface area contributed by atoms with Crippen molar-refractivity contribution in [1.29, 1.82) is 0 Å². The van der Waals surface area contributed by atoms with Gasteiger partial charge in [-0.3, -0.25) is 19.8 Å². The first kappa shape index (κ1) is 19.2. The number of carbonyl (C=O) groups is 1. The predicted molar refractivity (Wildman–Crippen MR) is 109 cm³/mol. The van der Waals surface area contributed by atoms with Crippen LogP contribution in [-0.4, -0.2) is 36.6 Å². The van der Waals surface area contributed by atoms with Gasteiger partial charge in [-0.05, 0) is 35.5 Å². The molecule has 0 N–H and O–H groups in total. The highest BCUT2D eigenvalue weighted by molar-refractivity contribution is 8.26.